The number of nitrogens with zero attached hydrogens (tertiary/aromatic N) is 2. The SMILES string of the molecule is CCC(Oc1ccc(Sc2cc(Br)nc(C#Cc3ccccn3)c2)cc1C)C(=O)O. The van der Waals surface area contributed by atoms with Crippen LogP contribution in [0.2, 0.25) is 0 Å². The van der Waals surface area contributed by atoms with E-state index in [2.05, 4.69) is 37.7 Å². The summed E-state index contributed by atoms with van der Waals surface area (Å²) in [6.45, 7) is 3.69. The Morgan fingerprint density at radius 1 is 1.17 bits per heavy atom. The Labute approximate surface area is 188 Å². The quantitative estimate of drug-likeness (QED) is 0.377. The Morgan fingerprint density at radius 3 is 2.63 bits per heavy atom. The molecule has 7 heteroatoms. The van der Waals surface area contributed by atoms with Crippen molar-refractivity contribution in [3.63, 3.8) is 0 Å². The van der Waals surface area contributed by atoms with Crippen molar-refractivity contribution in [2.45, 2.75) is 36.2 Å². The maximum absolute atomic E-state index is 11.2. The number of hydrogen-bond acceptors (Lipinski definition) is 5. The lowest BCUT2D eigenvalue weighted by atomic mass is 10.2. The number of carboxylic acids is 1. The van der Waals surface area contributed by atoms with E-state index in [1.165, 1.54) is 0 Å². The second kappa shape index (κ2) is 10.3. The third-order valence-corrected chi connectivity index (χ3v) is 5.42. The van der Waals surface area contributed by atoms with Crippen molar-refractivity contribution in [1.82, 2.24) is 9.97 Å². The zero-order chi connectivity index (χ0) is 21.5. The molecule has 30 heavy (non-hydrogen) atoms. The Hall–Kier alpha value is -2.82. The number of halogens is 1. The number of aliphatic carboxylic acids is 1. The predicted molar refractivity (Wildman–Crippen MR) is 120 cm³/mol. The standard InChI is InChI=1S/C23H19BrN2O3S/c1-3-20(23(27)28)29-21-10-9-18(12-15(21)2)30-19-13-17(26-22(24)14-19)8-7-16-6-4-5-11-25-16/h4-6,9-14,20H,3H2,1-2H3,(H,27,28). The highest BCUT2D eigenvalue weighted by Gasteiger charge is 2.17. The van der Waals surface area contributed by atoms with Crippen LogP contribution in [0.25, 0.3) is 0 Å². The average molecular weight is 483 g/mol. The van der Waals surface area contributed by atoms with Gasteiger partial charge in [-0.15, -0.1) is 0 Å². The molecule has 0 spiro atoms. The molecule has 0 aliphatic rings. The molecule has 3 rings (SSSR count). The van der Waals surface area contributed by atoms with Crippen molar-refractivity contribution in [1.29, 1.82) is 0 Å². The number of carboxylic acid groups (broad SMARTS) is 1. The molecule has 1 unspecified atom stereocenters. The van der Waals surface area contributed by atoms with Crippen LogP contribution in [-0.4, -0.2) is 27.1 Å². The van der Waals surface area contributed by atoms with Crippen LogP contribution < -0.4 is 4.74 Å². The first-order valence-electron chi connectivity index (χ1n) is 9.23. The molecule has 5 nitrogen and oxygen atoms in total. The van der Waals surface area contributed by atoms with Crippen LogP contribution in [0.4, 0.5) is 0 Å². The van der Waals surface area contributed by atoms with E-state index < -0.39 is 12.1 Å². The fourth-order valence-electron chi connectivity index (χ4n) is 2.58. The third kappa shape index (κ3) is 6.09. The Morgan fingerprint density at radius 2 is 1.97 bits per heavy atom. The fraction of sp³-hybridized carbons (Fsp3) is 0.174. The van der Waals surface area contributed by atoms with Gasteiger partial charge in [0.1, 0.15) is 21.7 Å². The molecule has 3 aromatic rings. The molecule has 0 aliphatic carbocycles. The minimum atomic E-state index is -0.962. The zero-order valence-electron chi connectivity index (χ0n) is 16.4. The number of pyridine rings is 2. The largest absolute Gasteiger partial charge is 0.479 e. The minimum Gasteiger partial charge on any atom is -0.479 e. The molecular weight excluding hydrogens is 464 g/mol. The second-order valence-corrected chi connectivity index (χ2v) is 8.32. The highest BCUT2D eigenvalue weighted by molar-refractivity contribution is 9.10. The van der Waals surface area contributed by atoms with E-state index in [1.54, 1.807) is 30.9 Å². The number of aryl methyl sites for hydroxylation is 1. The van der Waals surface area contributed by atoms with Crippen LogP contribution in [0.5, 0.6) is 5.75 Å². The molecule has 0 saturated heterocycles. The lowest BCUT2D eigenvalue weighted by Crippen LogP contribution is -2.26. The summed E-state index contributed by atoms with van der Waals surface area (Å²) in [5.41, 5.74) is 2.20. The molecule has 1 atom stereocenters. The summed E-state index contributed by atoms with van der Waals surface area (Å²) in [6, 6.07) is 15.1. The van der Waals surface area contributed by atoms with E-state index >= 15 is 0 Å². The van der Waals surface area contributed by atoms with Gasteiger partial charge >= 0.3 is 5.97 Å². The van der Waals surface area contributed by atoms with Crippen LogP contribution in [0.15, 0.2) is 69.1 Å². The van der Waals surface area contributed by atoms with E-state index in [9.17, 15) is 9.90 Å². The molecule has 0 radical (unpaired) electrons. The summed E-state index contributed by atoms with van der Waals surface area (Å²) in [6.07, 6.45) is 1.26. The van der Waals surface area contributed by atoms with Gasteiger partial charge in [-0.25, -0.2) is 14.8 Å². The molecule has 1 aromatic carbocycles. The van der Waals surface area contributed by atoms with Crippen LogP contribution in [0.1, 0.15) is 30.3 Å². The first-order chi connectivity index (χ1) is 14.4. The Balaban J connectivity index is 1.78. The molecule has 0 aliphatic heterocycles. The average Bonchev–Trinajstić information content (AvgIpc) is 2.72. The first kappa shape index (κ1) is 21.9. The summed E-state index contributed by atoms with van der Waals surface area (Å²) in [7, 11) is 0. The van der Waals surface area contributed by atoms with Crippen molar-refractivity contribution in [2.24, 2.45) is 0 Å². The topological polar surface area (TPSA) is 72.3 Å². The van der Waals surface area contributed by atoms with Crippen LogP contribution >= 0.6 is 27.7 Å². The predicted octanol–water partition coefficient (Wildman–Crippen LogP) is 5.34. The molecule has 152 valence electrons. The van der Waals surface area contributed by atoms with Crippen LogP contribution in [0.3, 0.4) is 0 Å². The summed E-state index contributed by atoms with van der Waals surface area (Å²) in [5, 5.41) is 9.19. The second-order valence-electron chi connectivity index (χ2n) is 6.36. The summed E-state index contributed by atoms with van der Waals surface area (Å²) >= 11 is 5.01. The van der Waals surface area contributed by atoms with Gasteiger partial charge in [0, 0.05) is 16.0 Å². The van der Waals surface area contributed by atoms with E-state index in [-0.39, 0.29) is 0 Å². The number of carbonyl (C=O) groups is 1. The molecule has 1 N–H and O–H groups in total. The van der Waals surface area contributed by atoms with Gasteiger partial charge in [0.2, 0.25) is 0 Å². The number of hydrogen-bond donors (Lipinski definition) is 1. The van der Waals surface area contributed by atoms with Gasteiger partial charge < -0.3 is 9.84 Å². The van der Waals surface area contributed by atoms with Crippen molar-refractivity contribution < 1.29 is 14.6 Å². The van der Waals surface area contributed by atoms with Gasteiger partial charge in [0.25, 0.3) is 0 Å². The molecule has 2 heterocycles. The summed E-state index contributed by atoms with van der Waals surface area (Å²) in [5.74, 6) is 5.67. The molecule has 0 amide bonds. The minimum absolute atomic E-state index is 0.401. The molecule has 2 aromatic heterocycles. The number of aromatic nitrogens is 2. The number of benzene rings is 1. The van der Waals surface area contributed by atoms with E-state index in [0.29, 0.717) is 28.2 Å². The van der Waals surface area contributed by atoms with Gasteiger partial charge in [0.05, 0.1) is 0 Å². The lowest BCUT2D eigenvalue weighted by Gasteiger charge is -2.15. The smallest absolute Gasteiger partial charge is 0.344 e. The third-order valence-electron chi connectivity index (χ3n) is 4.05. The molecule has 0 bridgehead atoms. The number of rotatable bonds is 6. The lowest BCUT2D eigenvalue weighted by molar-refractivity contribution is -0.145. The van der Waals surface area contributed by atoms with Gasteiger partial charge in [-0.05, 0) is 89.1 Å². The van der Waals surface area contributed by atoms with E-state index in [4.69, 9.17) is 4.74 Å². The van der Waals surface area contributed by atoms with Gasteiger partial charge in [-0.1, -0.05) is 24.8 Å². The van der Waals surface area contributed by atoms with Crippen molar-refractivity contribution in [3.05, 3.63) is 76.3 Å². The molecule has 0 fully saturated rings. The first-order valence-corrected chi connectivity index (χ1v) is 10.8. The highest BCUT2D eigenvalue weighted by atomic mass is 79.9. The van der Waals surface area contributed by atoms with Crippen LogP contribution in [0, 0.1) is 18.8 Å². The van der Waals surface area contributed by atoms with Crippen molar-refractivity contribution >= 4 is 33.7 Å². The highest BCUT2D eigenvalue weighted by Crippen LogP contribution is 2.33. The normalized spacial score (nSPS) is 11.3. The molecular formula is C23H19BrN2O3S. The van der Waals surface area contributed by atoms with Gasteiger partial charge in [-0.3, -0.25) is 0 Å². The fourth-order valence-corrected chi connectivity index (χ4v) is 4.15. The summed E-state index contributed by atoms with van der Waals surface area (Å²) < 4.78 is 6.32. The van der Waals surface area contributed by atoms with E-state index in [1.807, 2.05) is 49.4 Å². The zero-order valence-corrected chi connectivity index (χ0v) is 18.8. The monoisotopic (exact) mass is 482 g/mol. The maximum Gasteiger partial charge on any atom is 0.344 e. The number of ether oxygens (including phenoxy) is 1. The Bertz CT molecular complexity index is 1110. The summed E-state index contributed by atoms with van der Waals surface area (Å²) in [4.78, 5) is 21.8. The van der Waals surface area contributed by atoms with Crippen molar-refractivity contribution in [3.8, 4) is 17.6 Å². The van der Waals surface area contributed by atoms with Gasteiger partial charge in [0.15, 0.2) is 6.10 Å². The van der Waals surface area contributed by atoms with E-state index in [0.717, 1.165) is 15.4 Å². The van der Waals surface area contributed by atoms with Crippen LogP contribution in [-0.2, 0) is 4.79 Å². The van der Waals surface area contributed by atoms with Crippen molar-refractivity contribution in [2.75, 3.05) is 0 Å². The maximum atomic E-state index is 11.2. The van der Waals surface area contributed by atoms with Gasteiger partial charge in [-0.2, -0.15) is 0 Å². The molecule has 0 saturated carbocycles. The Kier molecular flexibility index (Phi) is 7.50.